The van der Waals surface area contributed by atoms with E-state index < -0.39 is 11.9 Å². The third kappa shape index (κ3) is 6.99. The second-order valence-electron chi connectivity index (χ2n) is 5.72. The molecule has 0 saturated heterocycles. The molecule has 0 saturated carbocycles. The maximum absolute atomic E-state index is 12.2. The zero-order valence-corrected chi connectivity index (χ0v) is 13.7. The molecule has 8 nitrogen and oxygen atoms in total. The van der Waals surface area contributed by atoms with Gasteiger partial charge >= 0.3 is 0 Å². The number of phenolic OH excluding ortho intramolecular Hbond substituents is 1. The number of hydrogen-bond acceptors (Lipinski definition) is 4. The second kappa shape index (κ2) is 9.39. The van der Waals surface area contributed by atoms with Gasteiger partial charge in [-0.2, -0.15) is 0 Å². The molecule has 0 aliphatic carbocycles. The number of rotatable bonds is 9. The monoisotopic (exact) mass is 335 g/mol. The summed E-state index contributed by atoms with van der Waals surface area (Å²) in [4.78, 5) is 23.8. The summed E-state index contributed by atoms with van der Waals surface area (Å²) in [6, 6.07) is 5.57. The molecule has 0 bridgehead atoms. The topological polar surface area (TPSA) is 154 Å². The molecule has 0 aliphatic rings. The third-order valence-electron chi connectivity index (χ3n) is 3.61. The first kappa shape index (κ1) is 19.3. The van der Waals surface area contributed by atoms with Crippen molar-refractivity contribution in [2.45, 2.75) is 32.2 Å². The molecule has 0 radical (unpaired) electrons. The van der Waals surface area contributed by atoms with Crippen molar-refractivity contribution in [1.82, 2.24) is 10.6 Å². The molecule has 1 unspecified atom stereocenters. The summed E-state index contributed by atoms with van der Waals surface area (Å²) < 4.78 is 0. The maximum atomic E-state index is 12.2. The Morgan fingerprint density at radius 2 is 1.88 bits per heavy atom. The van der Waals surface area contributed by atoms with E-state index in [-0.39, 0.29) is 30.0 Å². The molecular formula is C16H25N5O3. The molecule has 24 heavy (non-hydrogen) atoms. The fourth-order valence-corrected chi connectivity index (χ4v) is 2.17. The Balaban J connectivity index is 2.51. The summed E-state index contributed by atoms with van der Waals surface area (Å²) in [5.41, 5.74) is 11.3. The number of carbonyl (C=O) groups excluding carboxylic acids is 2. The van der Waals surface area contributed by atoms with Crippen molar-refractivity contribution in [2.75, 3.05) is 6.54 Å². The lowest BCUT2D eigenvalue weighted by Crippen LogP contribution is -2.47. The number of amides is 2. The smallest absolute Gasteiger partial charge is 0.240 e. The first-order valence-corrected chi connectivity index (χ1v) is 7.75. The number of hydrogen-bond donors (Lipinski definition) is 6. The van der Waals surface area contributed by atoms with E-state index in [1.807, 2.05) is 0 Å². The minimum atomic E-state index is -0.806. The first-order valence-electron chi connectivity index (χ1n) is 7.75. The van der Waals surface area contributed by atoms with Crippen LogP contribution in [0.2, 0.25) is 0 Å². The molecule has 132 valence electrons. The lowest BCUT2D eigenvalue weighted by Gasteiger charge is -2.19. The summed E-state index contributed by atoms with van der Waals surface area (Å²) in [6.07, 6.45) is 1.53. The van der Waals surface area contributed by atoms with E-state index >= 15 is 0 Å². The highest BCUT2D eigenvalue weighted by Gasteiger charge is 2.21. The molecule has 0 heterocycles. The van der Waals surface area contributed by atoms with E-state index in [1.54, 1.807) is 19.1 Å². The number of primary amides is 1. The molecule has 0 aliphatic heterocycles. The van der Waals surface area contributed by atoms with E-state index in [9.17, 15) is 14.7 Å². The highest BCUT2D eigenvalue weighted by Crippen LogP contribution is 2.12. The second-order valence-corrected chi connectivity index (χ2v) is 5.72. The van der Waals surface area contributed by atoms with Crippen LogP contribution in [0.1, 0.15) is 25.3 Å². The van der Waals surface area contributed by atoms with Gasteiger partial charge in [-0.1, -0.05) is 19.1 Å². The molecule has 0 aromatic heterocycles. The van der Waals surface area contributed by atoms with Gasteiger partial charge in [0, 0.05) is 18.9 Å². The molecule has 2 amide bonds. The Kier molecular flexibility index (Phi) is 7.54. The SMILES string of the molecule is C[C@@H](CCCNC(=N)N)C(=O)NC(Cc1ccc(O)cc1)C(N)=O. The van der Waals surface area contributed by atoms with Gasteiger partial charge in [0.15, 0.2) is 5.96 Å². The summed E-state index contributed by atoms with van der Waals surface area (Å²) in [7, 11) is 0. The van der Waals surface area contributed by atoms with Crippen LogP contribution in [0.3, 0.4) is 0 Å². The Morgan fingerprint density at radius 3 is 2.42 bits per heavy atom. The Labute approximate surface area is 141 Å². The number of aromatic hydroxyl groups is 1. The van der Waals surface area contributed by atoms with E-state index in [0.29, 0.717) is 19.4 Å². The minimum absolute atomic E-state index is 0.102. The Hall–Kier alpha value is -2.77. The van der Waals surface area contributed by atoms with Crippen molar-refractivity contribution in [3.05, 3.63) is 29.8 Å². The van der Waals surface area contributed by atoms with Crippen molar-refractivity contribution in [3.63, 3.8) is 0 Å². The highest BCUT2D eigenvalue weighted by molar-refractivity contribution is 5.87. The summed E-state index contributed by atoms with van der Waals surface area (Å²) in [5, 5.41) is 21.6. The van der Waals surface area contributed by atoms with Crippen LogP contribution in [0.4, 0.5) is 0 Å². The van der Waals surface area contributed by atoms with Crippen molar-refractivity contribution < 1.29 is 14.7 Å². The van der Waals surface area contributed by atoms with Crippen LogP contribution in [-0.2, 0) is 16.0 Å². The average molecular weight is 335 g/mol. The largest absolute Gasteiger partial charge is 0.508 e. The molecule has 2 atom stereocenters. The zero-order chi connectivity index (χ0) is 18.1. The average Bonchev–Trinajstić information content (AvgIpc) is 2.52. The first-order chi connectivity index (χ1) is 11.3. The van der Waals surface area contributed by atoms with Gasteiger partial charge in [-0.3, -0.25) is 15.0 Å². The Bertz CT molecular complexity index is 574. The maximum Gasteiger partial charge on any atom is 0.240 e. The molecule has 1 rings (SSSR count). The molecule has 0 fully saturated rings. The number of carbonyl (C=O) groups is 2. The fourth-order valence-electron chi connectivity index (χ4n) is 2.17. The van der Waals surface area contributed by atoms with Crippen molar-refractivity contribution in [3.8, 4) is 5.75 Å². The van der Waals surface area contributed by atoms with Gasteiger partial charge in [-0.15, -0.1) is 0 Å². The molecule has 0 spiro atoms. The minimum Gasteiger partial charge on any atom is -0.508 e. The van der Waals surface area contributed by atoms with E-state index in [0.717, 1.165) is 5.56 Å². The van der Waals surface area contributed by atoms with Crippen LogP contribution >= 0.6 is 0 Å². The fraction of sp³-hybridized carbons (Fsp3) is 0.438. The summed E-state index contributed by atoms with van der Waals surface area (Å²) >= 11 is 0. The number of guanidine groups is 1. The predicted molar refractivity (Wildman–Crippen MR) is 91.3 cm³/mol. The van der Waals surface area contributed by atoms with Crippen LogP contribution in [0.15, 0.2) is 24.3 Å². The van der Waals surface area contributed by atoms with Gasteiger partial charge in [-0.25, -0.2) is 0 Å². The number of nitrogens with one attached hydrogen (secondary N) is 3. The van der Waals surface area contributed by atoms with Gasteiger partial charge in [-0.05, 0) is 30.5 Å². The highest BCUT2D eigenvalue weighted by atomic mass is 16.3. The predicted octanol–water partition coefficient (Wildman–Crippen LogP) is -0.196. The number of phenols is 1. The van der Waals surface area contributed by atoms with Crippen molar-refractivity contribution >= 4 is 17.8 Å². The van der Waals surface area contributed by atoms with E-state index in [2.05, 4.69) is 10.6 Å². The van der Waals surface area contributed by atoms with Crippen LogP contribution < -0.4 is 22.1 Å². The van der Waals surface area contributed by atoms with Gasteiger partial charge in [0.25, 0.3) is 0 Å². The van der Waals surface area contributed by atoms with Gasteiger partial charge in [0.2, 0.25) is 11.8 Å². The summed E-state index contributed by atoms with van der Waals surface area (Å²) in [5.74, 6) is -1.12. The molecule has 8 heteroatoms. The molecular weight excluding hydrogens is 310 g/mol. The van der Waals surface area contributed by atoms with Gasteiger partial charge in [0.1, 0.15) is 11.8 Å². The number of nitrogens with two attached hydrogens (primary N) is 2. The zero-order valence-electron chi connectivity index (χ0n) is 13.7. The van der Waals surface area contributed by atoms with E-state index in [1.165, 1.54) is 12.1 Å². The van der Waals surface area contributed by atoms with Crippen LogP contribution in [-0.4, -0.2) is 35.5 Å². The van der Waals surface area contributed by atoms with Crippen LogP contribution in [0.25, 0.3) is 0 Å². The van der Waals surface area contributed by atoms with Crippen LogP contribution in [0.5, 0.6) is 5.75 Å². The lowest BCUT2D eigenvalue weighted by molar-refractivity contribution is -0.129. The summed E-state index contributed by atoms with van der Waals surface area (Å²) in [6.45, 7) is 2.28. The Morgan fingerprint density at radius 1 is 1.25 bits per heavy atom. The van der Waals surface area contributed by atoms with Crippen molar-refractivity contribution in [2.24, 2.45) is 17.4 Å². The van der Waals surface area contributed by atoms with Crippen molar-refractivity contribution in [1.29, 1.82) is 5.41 Å². The third-order valence-corrected chi connectivity index (χ3v) is 3.61. The molecule has 1 aromatic rings. The quantitative estimate of drug-likeness (QED) is 0.209. The molecule has 8 N–H and O–H groups in total. The van der Waals surface area contributed by atoms with E-state index in [4.69, 9.17) is 16.9 Å². The number of benzene rings is 1. The van der Waals surface area contributed by atoms with Gasteiger partial charge in [0.05, 0.1) is 0 Å². The standard InChI is InChI=1S/C16H25N5O3/c1-10(3-2-8-20-16(18)19)15(24)21-13(14(17)23)9-11-4-6-12(22)7-5-11/h4-7,10,13,22H,2-3,8-9H2,1H3,(H2,17,23)(H,21,24)(H4,18,19,20)/t10-,13?/m0/s1. The van der Waals surface area contributed by atoms with Gasteiger partial charge < -0.3 is 27.2 Å². The normalized spacial score (nSPS) is 12.9. The lowest BCUT2D eigenvalue weighted by atomic mass is 10.0. The molecule has 1 aromatic carbocycles. The van der Waals surface area contributed by atoms with Crippen LogP contribution in [0, 0.1) is 11.3 Å².